The van der Waals surface area contributed by atoms with Crippen molar-refractivity contribution in [3.63, 3.8) is 0 Å². The number of rotatable bonds is 4. The van der Waals surface area contributed by atoms with Crippen molar-refractivity contribution in [1.29, 1.82) is 0 Å². The second-order valence-corrected chi connectivity index (χ2v) is 4.86. The molecule has 18 heavy (non-hydrogen) atoms. The van der Waals surface area contributed by atoms with E-state index in [-0.39, 0.29) is 11.8 Å². The molecule has 1 aliphatic heterocycles. The minimum Gasteiger partial charge on any atom is -0.497 e. The second kappa shape index (κ2) is 5.86. The fraction of sp³-hybridized carbons (Fsp3) is 0.333. The number of hydrogen-bond donors (Lipinski definition) is 1. The van der Waals surface area contributed by atoms with Crippen LogP contribution in [-0.4, -0.2) is 17.6 Å². The highest BCUT2D eigenvalue weighted by atomic mass is 79.9. The van der Waals surface area contributed by atoms with Crippen LogP contribution in [0, 0.1) is 10.1 Å². The Morgan fingerprint density at radius 3 is 3.00 bits per heavy atom. The van der Waals surface area contributed by atoms with Crippen LogP contribution in [0.4, 0.5) is 11.4 Å². The fourth-order valence-corrected chi connectivity index (χ4v) is 2.23. The summed E-state index contributed by atoms with van der Waals surface area (Å²) in [6.07, 6.45) is 5.87. The van der Waals surface area contributed by atoms with E-state index in [1.54, 1.807) is 12.3 Å². The van der Waals surface area contributed by atoms with Gasteiger partial charge in [0.15, 0.2) is 0 Å². The Hall–Kier alpha value is -1.56. The lowest BCUT2D eigenvalue weighted by molar-refractivity contribution is -0.384. The number of hydrogen-bond acceptors (Lipinski definition) is 4. The third-order valence-corrected chi connectivity index (χ3v) is 3.36. The maximum atomic E-state index is 10.6. The van der Waals surface area contributed by atoms with Crippen LogP contribution in [0.15, 0.2) is 35.0 Å². The highest BCUT2D eigenvalue weighted by Gasteiger charge is 2.13. The number of nitrogens with zero attached hydrogens (tertiary/aromatic N) is 1. The summed E-state index contributed by atoms with van der Waals surface area (Å²) in [5.41, 5.74) is 0.906. The predicted molar refractivity (Wildman–Crippen MR) is 72.5 cm³/mol. The average molecular weight is 313 g/mol. The first-order valence-electron chi connectivity index (χ1n) is 5.65. The summed E-state index contributed by atoms with van der Waals surface area (Å²) in [6, 6.07) is 4.67. The normalized spacial score (nSPS) is 18.2. The Kier molecular flexibility index (Phi) is 4.19. The van der Waals surface area contributed by atoms with E-state index in [0.717, 1.165) is 18.5 Å². The average Bonchev–Trinajstić information content (AvgIpc) is 2.38. The maximum Gasteiger partial charge on any atom is 0.270 e. The fourth-order valence-electron chi connectivity index (χ4n) is 1.72. The number of nitro groups is 1. The first-order valence-corrected chi connectivity index (χ1v) is 6.44. The van der Waals surface area contributed by atoms with E-state index in [1.807, 2.05) is 6.08 Å². The molecule has 1 atom stereocenters. The molecule has 0 saturated heterocycles. The zero-order chi connectivity index (χ0) is 13.0. The summed E-state index contributed by atoms with van der Waals surface area (Å²) in [7, 11) is 0. The standard InChI is InChI=1S/C12H13BrN2O3/c13-11-7-9(15(16)17)4-5-12(11)14-8-10-3-1-2-6-18-10/h2,4-7,10,14H,1,3,8H2. The summed E-state index contributed by atoms with van der Waals surface area (Å²) in [5, 5.41) is 13.8. The van der Waals surface area contributed by atoms with Crippen LogP contribution < -0.4 is 5.32 Å². The van der Waals surface area contributed by atoms with E-state index in [2.05, 4.69) is 21.2 Å². The van der Waals surface area contributed by atoms with Gasteiger partial charge in [-0.05, 0) is 40.9 Å². The highest BCUT2D eigenvalue weighted by molar-refractivity contribution is 9.10. The zero-order valence-corrected chi connectivity index (χ0v) is 11.2. The van der Waals surface area contributed by atoms with Crippen molar-refractivity contribution < 1.29 is 9.66 Å². The molecule has 0 spiro atoms. The first-order chi connectivity index (χ1) is 8.66. The van der Waals surface area contributed by atoms with Gasteiger partial charge in [-0.2, -0.15) is 0 Å². The summed E-state index contributed by atoms with van der Waals surface area (Å²) in [4.78, 5) is 10.2. The molecule has 0 radical (unpaired) electrons. The monoisotopic (exact) mass is 312 g/mol. The molecule has 0 amide bonds. The molecule has 0 fully saturated rings. The number of ether oxygens (including phenoxy) is 1. The lowest BCUT2D eigenvalue weighted by atomic mass is 10.1. The van der Waals surface area contributed by atoms with E-state index < -0.39 is 4.92 Å². The van der Waals surface area contributed by atoms with Crippen LogP contribution in [0.1, 0.15) is 12.8 Å². The Balaban J connectivity index is 1.97. The molecule has 96 valence electrons. The molecule has 1 aromatic carbocycles. The molecule has 1 aliphatic rings. The van der Waals surface area contributed by atoms with Crippen molar-refractivity contribution in [3.05, 3.63) is 45.1 Å². The molecule has 0 bridgehead atoms. The minimum absolute atomic E-state index is 0.0734. The predicted octanol–water partition coefficient (Wildman–Crippen LogP) is 3.46. The van der Waals surface area contributed by atoms with Crippen LogP contribution in [0.25, 0.3) is 0 Å². The van der Waals surface area contributed by atoms with Gasteiger partial charge in [0.2, 0.25) is 0 Å². The van der Waals surface area contributed by atoms with E-state index in [0.29, 0.717) is 11.0 Å². The van der Waals surface area contributed by atoms with Crippen molar-refractivity contribution in [3.8, 4) is 0 Å². The van der Waals surface area contributed by atoms with Gasteiger partial charge < -0.3 is 10.1 Å². The minimum atomic E-state index is -0.413. The molecule has 5 nitrogen and oxygen atoms in total. The third-order valence-electron chi connectivity index (χ3n) is 2.71. The van der Waals surface area contributed by atoms with Crippen LogP contribution in [0.5, 0.6) is 0 Å². The van der Waals surface area contributed by atoms with Gasteiger partial charge in [0.25, 0.3) is 5.69 Å². The van der Waals surface area contributed by atoms with Gasteiger partial charge in [-0.25, -0.2) is 0 Å². The van der Waals surface area contributed by atoms with Gasteiger partial charge in [0.05, 0.1) is 17.7 Å². The maximum absolute atomic E-state index is 10.6. The molecule has 6 heteroatoms. The van der Waals surface area contributed by atoms with Gasteiger partial charge in [0.1, 0.15) is 6.10 Å². The molecule has 1 heterocycles. The molecule has 1 aromatic rings. The largest absolute Gasteiger partial charge is 0.497 e. The molecule has 1 unspecified atom stereocenters. The van der Waals surface area contributed by atoms with Crippen LogP contribution >= 0.6 is 15.9 Å². The smallest absolute Gasteiger partial charge is 0.270 e. The lowest BCUT2D eigenvalue weighted by Gasteiger charge is -2.20. The number of allylic oxidation sites excluding steroid dienone is 1. The molecule has 2 rings (SSSR count). The van der Waals surface area contributed by atoms with Crippen molar-refractivity contribution >= 4 is 27.3 Å². The molecule has 0 aliphatic carbocycles. The number of nitrogens with one attached hydrogen (secondary N) is 1. The van der Waals surface area contributed by atoms with Gasteiger partial charge >= 0.3 is 0 Å². The Morgan fingerprint density at radius 1 is 1.56 bits per heavy atom. The van der Waals surface area contributed by atoms with Crippen LogP contribution in [0.3, 0.4) is 0 Å². The van der Waals surface area contributed by atoms with Gasteiger partial charge in [0, 0.05) is 22.3 Å². The summed E-state index contributed by atoms with van der Waals surface area (Å²) < 4.78 is 6.12. The molecular weight excluding hydrogens is 300 g/mol. The SMILES string of the molecule is O=[N+]([O-])c1ccc(NCC2CCC=CO2)c(Br)c1. The van der Waals surface area contributed by atoms with Crippen molar-refractivity contribution in [2.45, 2.75) is 18.9 Å². The van der Waals surface area contributed by atoms with E-state index in [9.17, 15) is 10.1 Å². The summed E-state index contributed by atoms with van der Waals surface area (Å²) in [6.45, 7) is 0.681. The second-order valence-electron chi connectivity index (χ2n) is 4.01. The van der Waals surface area contributed by atoms with E-state index in [4.69, 9.17) is 4.74 Å². The topological polar surface area (TPSA) is 64.4 Å². The highest BCUT2D eigenvalue weighted by Crippen LogP contribution is 2.27. The summed E-state index contributed by atoms with van der Waals surface area (Å²) >= 11 is 3.32. The molecule has 1 N–H and O–H groups in total. The van der Waals surface area contributed by atoms with Crippen molar-refractivity contribution in [2.24, 2.45) is 0 Å². The number of benzene rings is 1. The summed E-state index contributed by atoms with van der Waals surface area (Å²) in [5.74, 6) is 0. The molecular formula is C12H13BrN2O3. The first kappa shape index (κ1) is 12.9. The number of non-ortho nitro benzene ring substituents is 1. The van der Waals surface area contributed by atoms with Gasteiger partial charge in [-0.15, -0.1) is 0 Å². The Bertz CT molecular complexity index is 476. The number of nitro benzene ring substituents is 1. The third kappa shape index (κ3) is 3.22. The van der Waals surface area contributed by atoms with Gasteiger partial charge in [-0.1, -0.05) is 0 Å². The van der Waals surface area contributed by atoms with Crippen molar-refractivity contribution in [2.75, 3.05) is 11.9 Å². The van der Waals surface area contributed by atoms with Crippen LogP contribution in [0.2, 0.25) is 0 Å². The van der Waals surface area contributed by atoms with Gasteiger partial charge in [-0.3, -0.25) is 10.1 Å². The molecule has 0 aromatic heterocycles. The van der Waals surface area contributed by atoms with Crippen molar-refractivity contribution in [1.82, 2.24) is 0 Å². The number of halogens is 1. The number of anilines is 1. The molecule has 0 saturated carbocycles. The Labute approximate surface area is 113 Å². The zero-order valence-electron chi connectivity index (χ0n) is 9.64. The quantitative estimate of drug-likeness (QED) is 0.683. The van der Waals surface area contributed by atoms with E-state index in [1.165, 1.54) is 12.1 Å². The Morgan fingerprint density at radius 2 is 2.39 bits per heavy atom. The lowest BCUT2D eigenvalue weighted by Crippen LogP contribution is -2.23. The van der Waals surface area contributed by atoms with Crippen LogP contribution in [-0.2, 0) is 4.74 Å². The van der Waals surface area contributed by atoms with E-state index >= 15 is 0 Å².